The second-order valence-electron chi connectivity index (χ2n) is 4.02. The van der Waals surface area contributed by atoms with Gasteiger partial charge in [0.2, 0.25) is 0 Å². The van der Waals surface area contributed by atoms with Crippen LogP contribution in [-0.4, -0.2) is 11.2 Å². The Morgan fingerprint density at radius 3 is 2.67 bits per heavy atom. The van der Waals surface area contributed by atoms with Gasteiger partial charge in [-0.05, 0) is 30.9 Å². The number of benzene rings is 1. The Balaban J connectivity index is 2.20. The Bertz CT molecular complexity index is 368. The number of hydrogen-bond donors (Lipinski definition) is 2. The average molecular weight is 230 g/mol. The van der Waals surface area contributed by atoms with Crippen LogP contribution in [0.25, 0.3) is 0 Å². The summed E-state index contributed by atoms with van der Waals surface area (Å²) in [5.41, 5.74) is 6.13. The fraction of sp³-hybridized carbons (Fsp3) is 0.455. The Hall–Kier alpha value is -0.640. The first-order chi connectivity index (χ1) is 7.09. The number of halogens is 2. The van der Waals surface area contributed by atoms with Crippen LogP contribution >= 0.6 is 11.6 Å². The molecule has 15 heavy (non-hydrogen) atoms. The second-order valence-corrected chi connectivity index (χ2v) is 4.46. The van der Waals surface area contributed by atoms with Gasteiger partial charge in [-0.25, -0.2) is 4.39 Å². The van der Waals surface area contributed by atoms with E-state index in [0.717, 1.165) is 12.8 Å². The van der Waals surface area contributed by atoms with Crippen LogP contribution in [0.5, 0.6) is 0 Å². The van der Waals surface area contributed by atoms with E-state index >= 15 is 0 Å². The molecule has 0 aliphatic heterocycles. The Labute approximate surface area is 92.9 Å². The topological polar surface area (TPSA) is 46.2 Å². The largest absolute Gasteiger partial charge is 0.391 e. The summed E-state index contributed by atoms with van der Waals surface area (Å²) < 4.78 is 13.5. The van der Waals surface area contributed by atoms with Gasteiger partial charge in [-0.1, -0.05) is 17.7 Å². The third-order valence-electron chi connectivity index (χ3n) is 2.79. The highest BCUT2D eigenvalue weighted by molar-refractivity contribution is 6.30. The van der Waals surface area contributed by atoms with Crippen LogP contribution in [0.15, 0.2) is 18.2 Å². The smallest absolute Gasteiger partial charge is 0.129 e. The van der Waals surface area contributed by atoms with E-state index in [2.05, 4.69) is 0 Å². The maximum Gasteiger partial charge on any atom is 0.129 e. The van der Waals surface area contributed by atoms with Gasteiger partial charge in [-0.3, -0.25) is 0 Å². The van der Waals surface area contributed by atoms with Gasteiger partial charge in [0.05, 0.1) is 12.1 Å². The first-order valence-electron chi connectivity index (χ1n) is 4.98. The lowest BCUT2D eigenvalue weighted by Crippen LogP contribution is -2.28. The number of hydrogen-bond acceptors (Lipinski definition) is 2. The van der Waals surface area contributed by atoms with Crippen LogP contribution in [0.2, 0.25) is 5.02 Å². The maximum atomic E-state index is 13.5. The predicted molar refractivity (Wildman–Crippen MR) is 57.1 cm³/mol. The van der Waals surface area contributed by atoms with Crippen LogP contribution in [-0.2, 0) is 0 Å². The highest BCUT2D eigenvalue weighted by Crippen LogP contribution is 2.37. The Kier molecular flexibility index (Phi) is 2.96. The monoisotopic (exact) mass is 229 g/mol. The minimum absolute atomic E-state index is 0.232. The molecule has 0 spiro atoms. The summed E-state index contributed by atoms with van der Waals surface area (Å²) in [6, 6.07) is 3.68. The standard InChI is InChI=1S/C11H13ClFNO/c12-7-3-4-8(9(13)5-7)10(14)11(15)6-1-2-6/h3-6,10-11,15H,1-2,14H2/t10-,11+/m1/s1. The van der Waals surface area contributed by atoms with Gasteiger partial charge in [0.15, 0.2) is 0 Å². The van der Waals surface area contributed by atoms with Crippen molar-refractivity contribution in [1.82, 2.24) is 0 Å². The molecule has 0 saturated heterocycles. The first-order valence-corrected chi connectivity index (χ1v) is 5.36. The van der Waals surface area contributed by atoms with Crippen molar-refractivity contribution in [3.8, 4) is 0 Å². The van der Waals surface area contributed by atoms with Gasteiger partial charge in [0.25, 0.3) is 0 Å². The van der Waals surface area contributed by atoms with Crippen molar-refractivity contribution in [1.29, 1.82) is 0 Å². The molecule has 1 aromatic carbocycles. The molecule has 0 unspecified atom stereocenters. The molecule has 0 radical (unpaired) electrons. The number of aliphatic hydroxyl groups excluding tert-OH is 1. The van der Waals surface area contributed by atoms with Gasteiger partial charge in [-0.2, -0.15) is 0 Å². The van der Waals surface area contributed by atoms with Crippen molar-refractivity contribution in [2.24, 2.45) is 11.7 Å². The van der Waals surface area contributed by atoms with E-state index in [1.54, 1.807) is 6.07 Å². The van der Waals surface area contributed by atoms with Crippen molar-refractivity contribution < 1.29 is 9.50 Å². The van der Waals surface area contributed by atoms with E-state index < -0.39 is 18.0 Å². The van der Waals surface area contributed by atoms with Gasteiger partial charge in [-0.15, -0.1) is 0 Å². The molecular weight excluding hydrogens is 217 g/mol. The molecule has 1 aliphatic rings. The maximum absolute atomic E-state index is 13.5. The molecular formula is C11H13ClFNO. The van der Waals surface area contributed by atoms with Crippen molar-refractivity contribution in [3.63, 3.8) is 0 Å². The lowest BCUT2D eigenvalue weighted by molar-refractivity contribution is 0.121. The lowest BCUT2D eigenvalue weighted by atomic mass is 9.99. The van der Waals surface area contributed by atoms with E-state index in [1.807, 2.05) is 0 Å². The molecule has 0 aromatic heterocycles. The average Bonchev–Trinajstić information content (AvgIpc) is 2.99. The summed E-state index contributed by atoms with van der Waals surface area (Å²) in [7, 11) is 0. The quantitative estimate of drug-likeness (QED) is 0.835. The van der Waals surface area contributed by atoms with E-state index in [1.165, 1.54) is 12.1 Å². The predicted octanol–water partition coefficient (Wildman–Crippen LogP) is 2.25. The van der Waals surface area contributed by atoms with Crippen LogP contribution in [0.4, 0.5) is 4.39 Å². The minimum Gasteiger partial charge on any atom is -0.391 e. The molecule has 1 aliphatic carbocycles. The van der Waals surface area contributed by atoms with Crippen LogP contribution < -0.4 is 5.73 Å². The molecule has 3 N–H and O–H groups in total. The van der Waals surface area contributed by atoms with E-state index in [9.17, 15) is 9.50 Å². The van der Waals surface area contributed by atoms with E-state index in [-0.39, 0.29) is 5.92 Å². The summed E-state index contributed by atoms with van der Waals surface area (Å²) in [5.74, 6) is -0.218. The van der Waals surface area contributed by atoms with Gasteiger partial charge < -0.3 is 10.8 Å². The molecule has 0 bridgehead atoms. The number of nitrogens with two attached hydrogens (primary N) is 1. The molecule has 82 valence electrons. The first kappa shape index (κ1) is 10.9. The molecule has 2 rings (SSSR count). The Morgan fingerprint density at radius 1 is 1.47 bits per heavy atom. The van der Waals surface area contributed by atoms with Crippen molar-refractivity contribution in [2.45, 2.75) is 25.0 Å². The van der Waals surface area contributed by atoms with E-state index in [0.29, 0.717) is 10.6 Å². The second kappa shape index (κ2) is 4.08. The molecule has 1 fully saturated rings. The molecule has 0 heterocycles. The third kappa shape index (κ3) is 2.30. The molecule has 2 atom stereocenters. The van der Waals surface area contributed by atoms with Crippen molar-refractivity contribution in [3.05, 3.63) is 34.6 Å². The lowest BCUT2D eigenvalue weighted by Gasteiger charge is -2.19. The number of rotatable bonds is 3. The third-order valence-corrected chi connectivity index (χ3v) is 3.03. The normalized spacial score (nSPS) is 20.0. The fourth-order valence-electron chi connectivity index (χ4n) is 1.69. The van der Waals surface area contributed by atoms with Gasteiger partial charge >= 0.3 is 0 Å². The van der Waals surface area contributed by atoms with Crippen LogP contribution in [0.3, 0.4) is 0 Å². The fourth-order valence-corrected chi connectivity index (χ4v) is 1.85. The molecule has 1 aromatic rings. The van der Waals surface area contributed by atoms with Gasteiger partial charge in [0.1, 0.15) is 5.82 Å². The van der Waals surface area contributed by atoms with Crippen LogP contribution in [0, 0.1) is 11.7 Å². The summed E-state index contributed by atoms with van der Waals surface area (Å²) in [5, 5.41) is 10.1. The number of aliphatic hydroxyl groups is 1. The van der Waals surface area contributed by atoms with E-state index in [4.69, 9.17) is 17.3 Å². The molecule has 4 heteroatoms. The van der Waals surface area contributed by atoms with Crippen molar-refractivity contribution in [2.75, 3.05) is 0 Å². The molecule has 1 saturated carbocycles. The SMILES string of the molecule is N[C@H](c1ccc(Cl)cc1F)[C@@H](O)C1CC1. The van der Waals surface area contributed by atoms with Crippen molar-refractivity contribution >= 4 is 11.6 Å². The zero-order chi connectivity index (χ0) is 11.0. The highest BCUT2D eigenvalue weighted by atomic mass is 35.5. The molecule has 0 amide bonds. The molecule has 2 nitrogen and oxygen atoms in total. The zero-order valence-electron chi connectivity index (χ0n) is 8.16. The van der Waals surface area contributed by atoms with Gasteiger partial charge in [0, 0.05) is 10.6 Å². The van der Waals surface area contributed by atoms with Crippen LogP contribution in [0.1, 0.15) is 24.4 Å². The summed E-state index contributed by atoms with van der Waals surface area (Å²) in [6.45, 7) is 0. The summed E-state index contributed by atoms with van der Waals surface area (Å²) >= 11 is 5.63. The highest BCUT2D eigenvalue weighted by Gasteiger charge is 2.35. The summed E-state index contributed by atoms with van der Waals surface area (Å²) in [6.07, 6.45) is 1.30. The Morgan fingerprint density at radius 2 is 2.13 bits per heavy atom. The zero-order valence-corrected chi connectivity index (χ0v) is 8.91. The summed E-state index contributed by atoms with van der Waals surface area (Å²) in [4.78, 5) is 0. The minimum atomic E-state index is -0.658.